The topological polar surface area (TPSA) is 70.6 Å². The summed E-state index contributed by atoms with van der Waals surface area (Å²) in [6.45, 7) is 1.90. The number of rotatable bonds is 3. The van der Waals surface area contributed by atoms with Crippen LogP contribution in [0.25, 0.3) is 0 Å². The summed E-state index contributed by atoms with van der Waals surface area (Å²) in [5, 5.41) is 14.9. The van der Waals surface area contributed by atoms with Gasteiger partial charge in [-0.15, -0.1) is 0 Å². The molecule has 0 aromatic heterocycles. The Bertz CT molecular complexity index is 378. The number of benzene rings is 1. The van der Waals surface area contributed by atoms with Crippen LogP contribution in [0.3, 0.4) is 0 Å². The molecule has 1 aliphatic carbocycles. The molecule has 2 rings (SSSR count). The molecule has 4 N–H and O–H groups in total. The largest absolute Gasteiger partial charge is 0.409 e. The summed E-state index contributed by atoms with van der Waals surface area (Å²) in [7, 11) is 0. The van der Waals surface area contributed by atoms with Crippen molar-refractivity contribution in [2.45, 2.75) is 31.8 Å². The van der Waals surface area contributed by atoms with Crippen LogP contribution in [-0.2, 0) is 12.8 Å². The Labute approximate surface area is 95.1 Å². The molecule has 0 spiro atoms. The molecular formula is C12H17N3O. The molecule has 1 aromatic carbocycles. The zero-order valence-electron chi connectivity index (χ0n) is 9.35. The van der Waals surface area contributed by atoms with E-state index < -0.39 is 0 Å². The molecule has 0 amide bonds. The molecule has 4 heteroatoms. The predicted molar refractivity (Wildman–Crippen MR) is 63.6 cm³/mol. The second kappa shape index (κ2) is 4.53. The van der Waals surface area contributed by atoms with Crippen LogP contribution in [0.1, 0.15) is 18.1 Å². The van der Waals surface area contributed by atoms with Crippen LogP contribution in [0.4, 0.5) is 0 Å². The van der Waals surface area contributed by atoms with E-state index in [1.54, 1.807) is 0 Å². The van der Waals surface area contributed by atoms with Gasteiger partial charge in [0.2, 0.25) is 0 Å². The highest BCUT2D eigenvalue weighted by Gasteiger charge is 2.22. The highest BCUT2D eigenvalue weighted by Crippen LogP contribution is 2.21. The summed E-state index contributed by atoms with van der Waals surface area (Å²) >= 11 is 0. The lowest BCUT2D eigenvalue weighted by atomic mass is 10.1. The maximum atomic E-state index is 8.58. The van der Waals surface area contributed by atoms with Gasteiger partial charge in [0.25, 0.3) is 0 Å². The molecule has 0 aliphatic heterocycles. The number of nitrogens with zero attached hydrogens (tertiary/aromatic N) is 1. The average Bonchev–Trinajstić information content (AvgIpc) is 2.69. The standard InChI is InChI=1S/C12H17N3O/c1-8(12(13)15-16)14-11-6-9-4-2-3-5-10(9)7-11/h2-5,8,11,14,16H,6-7H2,1H3,(H2,13,15). The van der Waals surface area contributed by atoms with Gasteiger partial charge in [-0.3, -0.25) is 0 Å². The molecule has 0 heterocycles. The van der Waals surface area contributed by atoms with E-state index in [9.17, 15) is 0 Å². The van der Waals surface area contributed by atoms with Gasteiger partial charge >= 0.3 is 0 Å². The Morgan fingerprint density at radius 2 is 2.00 bits per heavy atom. The van der Waals surface area contributed by atoms with Gasteiger partial charge in [0, 0.05) is 6.04 Å². The Balaban J connectivity index is 1.97. The highest BCUT2D eigenvalue weighted by molar-refractivity contribution is 5.84. The first-order valence-corrected chi connectivity index (χ1v) is 5.51. The smallest absolute Gasteiger partial charge is 0.156 e. The van der Waals surface area contributed by atoms with Gasteiger partial charge in [0.1, 0.15) is 0 Å². The summed E-state index contributed by atoms with van der Waals surface area (Å²) < 4.78 is 0. The average molecular weight is 219 g/mol. The molecule has 1 unspecified atom stereocenters. The molecule has 0 saturated heterocycles. The third-order valence-electron chi connectivity index (χ3n) is 3.10. The number of hydrogen-bond donors (Lipinski definition) is 3. The fourth-order valence-corrected chi connectivity index (χ4v) is 2.20. The normalized spacial score (nSPS) is 18.4. The summed E-state index contributed by atoms with van der Waals surface area (Å²) in [4.78, 5) is 0. The summed E-state index contributed by atoms with van der Waals surface area (Å²) in [5.74, 6) is 0.232. The Hall–Kier alpha value is -1.55. The van der Waals surface area contributed by atoms with Crippen molar-refractivity contribution in [3.8, 4) is 0 Å². The third-order valence-corrected chi connectivity index (χ3v) is 3.10. The van der Waals surface area contributed by atoms with Gasteiger partial charge in [-0.05, 0) is 30.9 Å². The lowest BCUT2D eigenvalue weighted by Gasteiger charge is -2.17. The first kappa shape index (κ1) is 11.0. The minimum Gasteiger partial charge on any atom is -0.409 e. The van der Waals surface area contributed by atoms with E-state index in [0.29, 0.717) is 6.04 Å². The second-order valence-electron chi connectivity index (χ2n) is 4.29. The minimum atomic E-state index is -0.0932. The number of nitrogens with two attached hydrogens (primary N) is 1. The van der Waals surface area contributed by atoms with Gasteiger partial charge in [-0.2, -0.15) is 0 Å². The van der Waals surface area contributed by atoms with Crippen LogP contribution < -0.4 is 11.1 Å². The summed E-state index contributed by atoms with van der Waals surface area (Å²) in [5.41, 5.74) is 8.33. The number of fused-ring (bicyclic) bond motifs is 1. The number of hydrogen-bond acceptors (Lipinski definition) is 3. The molecule has 0 fully saturated rings. The van der Waals surface area contributed by atoms with Crippen LogP contribution in [-0.4, -0.2) is 23.1 Å². The fourth-order valence-electron chi connectivity index (χ4n) is 2.20. The molecular weight excluding hydrogens is 202 g/mol. The molecule has 1 aromatic rings. The Morgan fingerprint density at radius 1 is 1.44 bits per heavy atom. The summed E-state index contributed by atoms with van der Waals surface area (Å²) in [6.07, 6.45) is 2.03. The van der Waals surface area contributed by atoms with Gasteiger partial charge in [0.15, 0.2) is 5.84 Å². The van der Waals surface area contributed by atoms with E-state index in [1.807, 2.05) is 6.92 Å². The molecule has 0 saturated carbocycles. The van der Waals surface area contributed by atoms with Crippen molar-refractivity contribution in [3.63, 3.8) is 0 Å². The first-order chi connectivity index (χ1) is 7.70. The minimum absolute atomic E-state index is 0.0932. The third kappa shape index (κ3) is 2.17. The maximum Gasteiger partial charge on any atom is 0.156 e. The highest BCUT2D eigenvalue weighted by atomic mass is 16.4. The van der Waals surface area contributed by atoms with Crippen molar-refractivity contribution < 1.29 is 5.21 Å². The molecule has 1 atom stereocenters. The number of amidine groups is 1. The first-order valence-electron chi connectivity index (χ1n) is 5.51. The fraction of sp³-hybridized carbons (Fsp3) is 0.417. The van der Waals surface area contributed by atoms with Crippen molar-refractivity contribution in [2.75, 3.05) is 0 Å². The number of nitrogens with one attached hydrogen (secondary N) is 1. The van der Waals surface area contributed by atoms with Gasteiger partial charge in [0.05, 0.1) is 6.04 Å². The Morgan fingerprint density at radius 3 is 2.50 bits per heavy atom. The predicted octanol–water partition coefficient (Wildman–Crippen LogP) is 0.878. The number of oxime groups is 1. The lowest BCUT2D eigenvalue weighted by Crippen LogP contribution is -2.45. The van der Waals surface area contributed by atoms with Gasteiger partial charge in [-0.25, -0.2) is 0 Å². The van der Waals surface area contributed by atoms with Crippen LogP contribution in [0.15, 0.2) is 29.4 Å². The van der Waals surface area contributed by atoms with E-state index in [0.717, 1.165) is 12.8 Å². The van der Waals surface area contributed by atoms with Crippen molar-refractivity contribution in [2.24, 2.45) is 10.9 Å². The quantitative estimate of drug-likeness (QED) is 0.306. The van der Waals surface area contributed by atoms with Crippen LogP contribution in [0, 0.1) is 0 Å². The lowest BCUT2D eigenvalue weighted by molar-refractivity contribution is 0.314. The van der Waals surface area contributed by atoms with E-state index in [1.165, 1.54) is 11.1 Å². The van der Waals surface area contributed by atoms with Crippen LogP contribution in [0.2, 0.25) is 0 Å². The zero-order valence-corrected chi connectivity index (χ0v) is 9.35. The second-order valence-corrected chi connectivity index (χ2v) is 4.29. The SMILES string of the molecule is CC(NC1Cc2ccccc2C1)/C(N)=N/O. The van der Waals surface area contributed by atoms with Crippen molar-refractivity contribution in [1.82, 2.24) is 5.32 Å². The van der Waals surface area contributed by atoms with Crippen molar-refractivity contribution in [3.05, 3.63) is 35.4 Å². The Kier molecular flexibility index (Phi) is 3.10. The van der Waals surface area contributed by atoms with Crippen LogP contribution >= 0.6 is 0 Å². The van der Waals surface area contributed by atoms with Crippen molar-refractivity contribution >= 4 is 5.84 Å². The molecule has 16 heavy (non-hydrogen) atoms. The monoisotopic (exact) mass is 219 g/mol. The zero-order chi connectivity index (χ0) is 11.5. The molecule has 4 nitrogen and oxygen atoms in total. The molecule has 0 bridgehead atoms. The van der Waals surface area contributed by atoms with Crippen molar-refractivity contribution in [1.29, 1.82) is 0 Å². The molecule has 86 valence electrons. The van der Waals surface area contributed by atoms with E-state index in [4.69, 9.17) is 10.9 Å². The van der Waals surface area contributed by atoms with E-state index >= 15 is 0 Å². The van der Waals surface area contributed by atoms with Gasteiger partial charge < -0.3 is 16.3 Å². The maximum absolute atomic E-state index is 8.58. The van der Waals surface area contributed by atoms with Gasteiger partial charge in [-0.1, -0.05) is 29.4 Å². The van der Waals surface area contributed by atoms with E-state index in [-0.39, 0.29) is 11.9 Å². The summed E-state index contributed by atoms with van der Waals surface area (Å²) in [6, 6.07) is 8.73. The van der Waals surface area contributed by atoms with Crippen LogP contribution in [0.5, 0.6) is 0 Å². The van der Waals surface area contributed by atoms with E-state index in [2.05, 4.69) is 34.7 Å². The molecule has 0 radical (unpaired) electrons. The molecule has 1 aliphatic rings.